The van der Waals surface area contributed by atoms with Crippen LogP contribution in [0.5, 0.6) is 0 Å². The minimum atomic E-state index is -0.951. The second-order valence-electron chi connectivity index (χ2n) is 4.67. The number of fused-ring (bicyclic) bond motifs is 1. The molecule has 0 fully saturated rings. The molecule has 1 aliphatic rings. The Balaban J connectivity index is 2.34. The topological polar surface area (TPSA) is 127 Å². The molecule has 0 aliphatic carbocycles. The molecular weight excluding hydrogens is 250 g/mol. The number of nitrogen functional groups attached to an aromatic ring is 1. The summed E-state index contributed by atoms with van der Waals surface area (Å²) >= 11 is 0. The zero-order valence-electron chi connectivity index (χ0n) is 10.9. The third-order valence-corrected chi connectivity index (χ3v) is 3.45. The van der Waals surface area contributed by atoms with E-state index in [4.69, 9.17) is 5.73 Å². The fraction of sp³-hybridized carbons (Fsp3) is 0.636. The number of H-pyrrole nitrogens is 1. The third-order valence-electron chi connectivity index (χ3n) is 3.45. The smallest absolute Gasteiger partial charge is 0.278 e. The molecule has 0 spiro atoms. The molecule has 0 saturated carbocycles. The molecule has 1 aliphatic heterocycles. The molecule has 0 saturated heterocycles. The average Bonchev–Trinajstić information content (AvgIpc) is 2.36. The Morgan fingerprint density at radius 2 is 2.26 bits per heavy atom. The highest BCUT2D eigenvalue weighted by Crippen LogP contribution is 2.27. The predicted octanol–water partition coefficient (Wildman–Crippen LogP) is -1.29. The van der Waals surface area contributed by atoms with Crippen molar-refractivity contribution in [1.29, 1.82) is 0 Å². The maximum atomic E-state index is 11.9. The van der Waals surface area contributed by atoms with Gasteiger partial charge in [0.2, 0.25) is 5.95 Å². The summed E-state index contributed by atoms with van der Waals surface area (Å²) in [6.45, 7) is 2.16. The van der Waals surface area contributed by atoms with Crippen LogP contribution >= 0.6 is 0 Å². The summed E-state index contributed by atoms with van der Waals surface area (Å²) in [5.41, 5.74) is 5.42. The van der Waals surface area contributed by atoms with Crippen LogP contribution in [0.15, 0.2) is 4.79 Å². The number of hydrogen-bond acceptors (Lipinski definition) is 7. The molecule has 1 aromatic rings. The number of likely N-dealkylation sites (N-methyl/N-ethyl adjacent to an activating group) is 1. The highest BCUT2D eigenvalue weighted by molar-refractivity contribution is 5.68. The van der Waals surface area contributed by atoms with Crippen molar-refractivity contribution in [3.8, 4) is 0 Å². The standard InChI is InChI=1S/C11H19N5O3/c1-3-6(17)8(18)5-4-13-9-7(16(5)2)10(19)15-11(12)14-9/h5-6,8,17-18H,3-4H2,1-2H3,(H4,12,13,14,15,19)/t5-,6?,8?/m1/s1. The van der Waals surface area contributed by atoms with E-state index in [-0.39, 0.29) is 11.5 Å². The van der Waals surface area contributed by atoms with Gasteiger partial charge in [-0.25, -0.2) is 0 Å². The van der Waals surface area contributed by atoms with Gasteiger partial charge in [-0.05, 0) is 6.42 Å². The quantitative estimate of drug-likeness (QED) is 0.462. The van der Waals surface area contributed by atoms with E-state index in [0.717, 1.165) is 0 Å². The number of aromatic amines is 1. The minimum Gasteiger partial charge on any atom is -0.390 e. The monoisotopic (exact) mass is 269 g/mol. The zero-order valence-corrected chi connectivity index (χ0v) is 10.9. The highest BCUT2D eigenvalue weighted by Gasteiger charge is 2.34. The predicted molar refractivity (Wildman–Crippen MR) is 72.3 cm³/mol. The lowest BCUT2D eigenvalue weighted by atomic mass is 10.0. The second-order valence-corrected chi connectivity index (χ2v) is 4.67. The van der Waals surface area contributed by atoms with Crippen molar-refractivity contribution in [2.75, 3.05) is 29.5 Å². The Morgan fingerprint density at radius 3 is 2.89 bits per heavy atom. The van der Waals surface area contributed by atoms with Gasteiger partial charge in [0.15, 0.2) is 5.82 Å². The van der Waals surface area contributed by atoms with E-state index in [2.05, 4.69) is 15.3 Å². The van der Waals surface area contributed by atoms with E-state index in [9.17, 15) is 15.0 Å². The molecule has 2 unspecified atom stereocenters. The number of nitrogens with zero attached hydrogens (tertiary/aromatic N) is 2. The molecule has 19 heavy (non-hydrogen) atoms. The number of aromatic nitrogens is 2. The third kappa shape index (κ3) is 2.36. The van der Waals surface area contributed by atoms with Crippen LogP contribution in [0.1, 0.15) is 13.3 Å². The van der Waals surface area contributed by atoms with Crippen molar-refractivity contribution >= 4 is 17.5 Å². The van der Waals surface area contributed by atoms with Gasteiger partial charge in [0.25, 0.3) is 5.56 Å². The van der Waals surface area contributed by atoms with E-state index in [1.54, 1.807) is 18.9 Å². The first-order valence-electron chi connectivity index (χ1n) is 6.18. The van der Waals surface area contributed by atoms with Crippen LogP contribution in [0.4, 0.5) is 17.5 Å². The summed E-state index contributed by atoms with van der Waals surface area (Å²) in [6.07, 6.45) is -1.35. The molecular formula is C11H19N5O3. The van der Waals surface area contributed by atoms with Gasteiger partial charge < -0.3 is 26.2 Å². The van der Waals surface area contributed by atoms with Gasteiger partial charge in [-0.15, -0.1) is 0 Å². The fourth-order valence-corrected chi connectivity index (χ4v) is 2.29. The van der Waals surface area contributed by atoms with Crippen molar-refractivity contribution in [2.45, 2.75) is 31.6 Å². The maximum absolute atomic E-state index is 11.9. The number of anilines is 3. The second kappa shape index (κ2) is 5.06. The Labute approximate surface area is 110 Å². The number of rotatable bonds is 3. The van der Waals surface area contributed by atoms with E-state index in [1.165, 1.54) is 0 Å². The Kier molecular flexibility index (Phi) is 3.63. The number of nitrogens with two attached hydrogens (primary N) is 1. The van der Waals surface area contributed by atoms with Gasteiger partial charge >= 0.3 is 0 Å². The molecule has 0 radical (unpaired) electrons. The van der Waals surface area contributed by atoms with Crippen molar-refractivity contribution in [3.05, 3.63) is 10.4 Å². The Morgan fingerprint density at radius 1 is 1.58 bits per heavy atom. The van der Waals surface area contributed by atoms with Crippen molar-refractivity contribution in [3.63, 3.8) is 0 Å². The molecule has 3 atom stereocenters. The van der Waals surface area contributed by atoms with Gasteiger partial charge in [0.05, 0.1) is 12.1 Å². The summed E-state index contributed by atoms with van der Waals surface area (Å²) in [6, 6.07) is -0.408. The van der Waals surface area contributed by atoms with Crippen LogP contribution in [0, 0.1) is 0 Å². The summed E-state index contributed by atoms with van der Waals surface area (Å²) in [5, 5.41) is 22.8. The SMILES string of the molecule is CCC(O)C(O)[C@H]1CNc2nc(N)[nH]c(=O)c2N1C. The molecule has 8 heteroatoms. The lowest BCUT2D eigenvalue weighted by Crippen LogP contribution is -2.54. The van der Waals surface area contributed by atoms with Gasteiger partial charge in [0.1, 0.15) is 11.8 Å². The van der Waals surface area contributed by atoms with Gasteiger partial charge in [-0.1, -0.05) is 6.92 Å². The lowest BCUT2D eigenvalue weighted by molar-refractivity contribution is 0.00345. The molecule has 0 bridgehead atoms. The summed E-state index contributed by atoms with van der Waals surface area (Å²) in [4.78, 5) is 20.0. The first-order valence-corrected chi connectivity index (χ1v) is 6.18. The summed E-state index contributed by atoms with van der Waals surface area (Å²) in [5.74, 6) is 0.426. The van der Waals surface area contributed by atoms with Crippen molar-refractivity contribution in [1.82, 2.24) is 9.97 Å². The van der Waals surface area contributed by atoms with E-state index < -0.39 is 18.2 Å². The molecule has 2 rings (SSSR count). The lowest BCUT2D eigenvalue weighted by Gasteiger charge is -2.39. The highest BCUT2D eigenvalue weighted by atomic mass is 16.3. The largest absolute Gasteiger partial charge is 0.390 e. The summed E-state index contributed by atoms with van der Waals surface area (Å²) < 4.78 is 0. The zero-order chi connectivity index (χ0) is 14.2. The van der Waals surface area contributed by atoms with Crippen LogP contribution in [0.2, 0.25) is 0 Å². The normalized spacial score (nSPS) is 21.5. The van der Waals surface area contributed by atoms with E-state index >= 15 is 0 Å². The van der Waals surface area contributed by atoms with Crippen molar-refractivity contribution < 1.29 is 10.2 Å². The van der Waals surface area contributed by atoms with E-state index in [0.29, 0.717) is 24.5 Å². The van der Waals surface area contributed by atoms with Crippen LogP contribution in [0.25, 0.3) is 0 Å². The van der Waals surface area contributed by atoms with E-state index in [1.807, 2.05) is 0 Å². The van der Waals surface area contributed by atoms with Gasteiger partial charge in [-0.3, -0.25) is 9.78 Å². The molecule has 1 aromatic heterocycles. The average molecular weight is 269 g/mol. The molecule has 106 valence electrons. The van der Waals surface area contributed by atoms with Crippen LogP contribution < -0.4 is 21.5 Å². The first kappa shape index (κ1) is 13.6. The molecule has 6 N–H and O–H groups in total. The van der Waals surface area contributed by atoms with Gasteiger partial charge in [0, 0.05) is 13.6 Å². The molecule has 8 nitrogen and oxygen atoms in total. The Bertz CT molecular complexity index is 518. The van der Waals surface area contributed by atoms with Crippen molar-refractivity contribution in [2.24, 2.45) is 0 Å². The number of nitrogens with one attached hydrogen (secondary N) is 2. The Hall–Kier alpha value is -1.80. The molecule has 0 aromatic carbocycles. The fourth-order valence-electron chi connectivity index (χ4n) is 2.29. The summed E-state index contributed by atoms with van der Waals surface area (Å²) in [7, 11) is 1.68. The number of aliphatic hydroxyl groups excluding tert-OH is 2. The van der Waals surface area contributed by atoms with Crippen LogP contribution in [-0.4, -0.2) is 52.0 Å². The maximum Gasteiger partial charge on any atom is 0.278 e. The number of hydrogen-bond donors (Lipinski definition) is 5. The number of aliphatic hydroxyl groups is 2. The van der Waals surface area contributed by atoms with Crippen LogP contribution in [-0.2, 0) is 0 Å². The van der Waals surface area contributed by atoms with Crippen LogP contribution in [0.3, 0.4) is 0 Å². The van der Waals surface area contributed by atoms with Gasteiger partial charge in [-0.2, -0.15) is 4.98 Å². The first-order chi connectivity index (χ1) is 8.95. The molecule has 2 heterocycles. The minimum absolute atomic E-state index is 0.0391. The molecule has 0 amide bonds.